The van der Waals surface area contributed by atoms with Crippen LogP contribution in [0.25, 0.3) is 0 Å². The lowest BCUT2D eigenvalue weighted by Gasteiger charge is -2.30. The van der Waals surface area contributed by atoms with Crippen molar-refractivity contribution in [3.05, 3.63) is 35.6 Å². The summed E-state index contributed by atoms with van der Waals surface area (Å²) in [6, 6.07) is 6.54. The Balaban J connectivity index is 2.16. The maximum absolute atomic E-state index is 12.8. The molecule has 1 unspecified atom stereocenters. The van der Waals surface area contributed by atoms with Crippen LogP contribution in [0, 0.1) is 11.7 Å². The predicted octanol–water partition coefficient (Wildman–Crippen LogP) is 1.94. The first-order chi connectivity index (χ1) is 7.31. The molecule has 1 saturated heterocycles. The minimum Gasteiger partial charge on any atom is -0.396 e. The van der Waals surface area contributed by atoms with Crippen LogP contribution in [0.15, 0.2) is 24.3 Å². The molecular formula is C12H15FO2. The molecule has 2 nitrogen and oxygen atoms in total. The lowest BCUT2D eigenvalue weighted by molar-refractivity contribution is 0.0159. The Hall–Kier alpha value is -0.930. The molecule has 15 heavy (non-hydrogen) atoms. The van der Waals surface area contributed by atoms with Crippen molar-refractivity contribution in [3.8, 4) is 0 Å². The van der Waals surface area contributed by atoms with Crippen molar-refractivity contribution in [2.75, 3.05) is 19.8 Å². The lowest BCUT2D eigenvalue weighted by Crippen LogP contribution is -2.28. The van der Waals surface area contributed by atoms with Gasteiger partial charge in [-0.05, 0) is 30.0 Å². The van der Waals surface area contributed by atoms with Crippen molar-refractivity contribution in [2.24, 2.45) is 5.92 Å². The highest BCUT2D eigenvalue weighted by Gasteiger charge is 2.26. The molecule has 1 heterocycles. The van der Waals surface area contributed by atoms with E-state index in [0.29, 0.717) is 12.5 Å². The summed E-state index contributed by atoms with van der Waals surface area (Å²) in [5.74, 6) is 0.222. The molecule has 0 aromatic heterocycles. The summed E-state index contributed by atoms with van der Waals surface area (Å²) in [6.07, 6.45) is 0.900. The molecule has 3 heteroatoms. The summed E-state index contributed by atoms with van der Waals surface area (Å²) in [6.45, 7) is 1.44. The lowest BCUT2D eigenvalue weighted by atomic mass is 9.83. The van der Waals surface area contributed by atoms with E-state index in [0.717, 1.165) is 18.6 Å². The first-order valence-electron chi connectivity index (χ1n) is 5.25. The van der Waals surface area contributed by atoms with E-state index in [4.69, 9.17) is 4.74 Å². The van der Waals surface area contributed by atoms with Crippen LogP contribution < -0.4 is 0 Å². The summed E-state index contributed by atoms with van der Waals surface area (Å²) in [4.78, 5) is 0. The van der Waals surface area contributed by atoms with Gasteiger partial charge in [0.25, 0.3) is 0 Å². The van der Waals surface area contributed by atoms with Crippen LogP contribution in [0.3, 0.4) is 0 Å². The molecule has 2 atom stereocenters. The number of hydrogen-bond donors (Lipinski definition) is 1. The third kappa shape index (κ3) is 2.36. The van der Waals surface area contributed by atoms with Crippen LogP contribution in [-0.4, -0.2) is 24.9 Å². The normalized spacial score (nSPS) is 26.5. The molecule has 0 saturated carbocycles. The molecule has 2 rings (SSSR count). The van der Waals surface area contributed by atoms with Crippen molar-refractivity contribution in [2.45, 2.75) is 12.3 Å². The Morgan fingerprint density at radius 3 is 2.73 bits per heavy atom. The number of hydrogen-bond acceptors (Lipinski definition) is 2. The number of ether oxygens (including phenoxy) is 1. The Morgan fingerprint density at radius 1 is 1.33 bits per heavy atom. The monoisotopic (exact) mass is 210 g/mol. The van der Waals surface area contributed by atoms with Crippen LogP contribution in [-0.2, 0) is 4.74 Å². The van der Waals surface area contributed by atoms with Crippen LogP contribution in [0.2, 0.25) is 0 Å². The number of aliphatic hydroxyl groups is 1. The van der Waals surface area contributed by atoms with Crippen LogP contribution in [0.4, 0.5) is 4.39 Å². The molecule has 0 spiro atoms. The first kappa shape index (κ1) is 10.6. The van der Waals surface area contributed by atoms with Gasteiger partial charge in [-0.25, -0.2) is 4.39 Å². The van der Waals surface area contributed by atoms with Crippen molar-refractivity contribution < 1.29 is 14.2 Å². The molecule has 1 aliphatic heterocycles. The maximum Gasteiger partial charge on any atom is 0.123 e. The smallest absolute Gasteiger partial charge is 0.123 e. The Kier molecular flexibility index (Phi) is 3.34. The summed E-state index contributed by atoms with van der Waals surface area (Å²) < 4.78 is 18.1. The highest BCUT2D eigenvalue weighted by Crippen LogP contribution is 2.31. The minimum atomic E-state index is -0.216. The number of benzene rings is 1. The molecule has 0 aliphatic carbocycles. The summed E-state index contributed by atoms with van der Waals surface area (Å²) in [5.41, 5.74) is 1.10. The van der Waals surface area contributed by atoms with E-state index in [9.17, 15) is 9.50 Å². The summed E-state index contributed by atoms with van der Waals surface area (Å²) in [5, 5.41) is 9.22. The third-order valence-corrected chi connectivity index (χ3v) is 3.01. The topological polar surface area (TPSA) is 29.5 Å². The fraction of sp³-hybridized carbons (Fsp3) is 0.500. The number of rotatable bonds is 2. The number of aliphatic hydroxyl groups excluding tert-OH is 1. The van der Waals surface area contributed by atoms with Gasteiger partial charge in [-0.2, -0.15) is 0 Å². The van der Waals surface area contributed by atoms with Gasteiger partial charge >= 0.3 is 0 Å². The van der Waals surface area contributed by atoms with Crippen molar-refractivity contribution >= 4 is 0 Å². The molecule has 1 fully saturated rings. The molecule has 1 N–H and O–H groups in total. The average molecular weight is 210 g/mol. The second kappa shape index (κ2) is 4.73. The Morgan fingerprint density at radius 2 is 2.07 bits per heavy atom. The Bertz CT molecular complexity index is 310. The van der Waals surface area contributed by atoms with Gasteiger partial charge in [-0.15, -0.1) is 0 Å². The fourth-order valence-electron chi connectivity index (χ4n) is 2.13. The minimum absolute atomic E-state index is 0.127. The SMILES string of the molecule is OC[C@@H]1COCCC1c1ccc(F)cc1. The van der Waals surface area contributed by atoms with Gasteiger partial charge in [0.05, 0.1) is 6.61 Å². The zero-order valence-corrected chi connectivity index (χ0v) is 8.53. The second-order valence-electron chi connectivity index (χ2n) is 3.96. The molecule has 1 aliphatic rings. The zero-order chi connectivity index (χ0) is 10.7. The van der Waals surface area contributed by atoms with Crippen LogP contribution in [0.5, 0.6) is 0 Å². The van der Waals surface area contributed by atoms with Gasteiger partial charge in [0.2, 0.25) is 0 Å². The fourth-order valence-corrected chi connectivity index (χ4v) is 2.13. The van der Waals surface area contributed by atoms with E-state index in [1.165, 1.54) is 12.1 Å². The largest absolute Gasteiger partial charge is 0.396 e. The predicted molar refractivity (Wildman–Crippen MR) is 55.2 cm³/mol. The molecule has 0 bridgehead atoms. The van der Waals surface area contributed by atoms with Crippen molar-refractivity contribution in [1.82, 2.24) is 0 Å². The quantitative estimate of drug-likeness (QED) is 0.808. The van der Waals surface area contributed by atoms with Gasteiger partial charge in [0.1, 0.15) is 5.82 Å². The van der Waals surface area contributed by atoms with E-state index in [1.807, 2.05) is 0 Å². The molecule has 1 aromatic rings. The molecule has 1 aromatic carbocycles. The summed E-state index contributed by atoms with van der Waals surface area (Å²) in [7, 11) is 0. The number of halogens is 1. The second-order valence-corrected chi connectivity index (χ2v) is 3.96. The van der Waals surface area contributed by atoms with Gasteiger partial charge in [-0.1, -0.05) is 12.1 Å². The molecule has 0 amide bonds. The standard InChI is InChI=1S/C12H15FO2/c13-11-3-1-9(2-4-11)12-5-6-15-8-10(12)7-14/h1-4,10,12,14H,5-8H2/t10-,12?/m1/s1. The van der Waals surface area contributed by atoms with Crippen LogP contribution in [0.1, 0.15) is 17.9 Å². The van der Waals surface area contributed by atoms with Crippen molar-refractivity contribution in [3.63, 3.8) is 0 Å². The van der Waals surface area contributed by atoms with E-state index < -0.39 is 0 Å². The van der Waals surface area contributed by atoms with Gasteiger partial charge in [0.15, 0.2) is 0 Å². The van der Waals surface area contributed by atoms with Gasteiger partial charge in [-0.3, -0.25) is 0 Å². The third-order valence-electron chi connectivity index (χ3n) is 3.01. The van der Waals surface area contributed by atoms with E-state index in [2.05, 4.69) is 0 Å². The summed E-state index contributed by atoms with van der Waals surface area (Å²) >= 11 is 0. The van der Waals surface area contributed by atoms with E-state index in [1.54, 1.807) is 12.1 Å². The van der Waals surface area contributed by atoms with Crippen LogP contribution >= 0.6 is 0 Å². The zero-order valence-electron chi connectivity index (χ0n) is 8.53. The first-order valence-corrected chi connectivity index (χ1v) is 5.25. The molecular weight excluding hydrogens is 195 g/mol. The maximum atomic E-state index is 12.8. The van der Waals surface area contributed by atoms with E-state index in [-0.39, 0.29) is 18.3 Å². The molecule has 0 radical (unpaired) electrons. The molecule has 82 valence electrons. The average Bonchev–Trinajstić information content (AvgIpc) is 2.30. The highest BCUT2D eigenvalue weighted by atomic mass is 19.1. The van der Waals surface area contributed by atoms with Crippen molar-refractivity contribution in [1.29, 1.82) is 0 Å². The van der Waals surface area contributed by atoms with Gasteiger partial charge < -0.3 is 9.84 Å². The van der Waals surface area contributed by atoms with E-state index >= 15 is 0 Å². The highest BCUT2D eigenvalue weighted by molar-refractivity contribution is 5.21. The Labute approximate surface area is 88.7 Å². The van der Waals surface area contributed by atoms with Gasteiger partial charge in [0, 0.05) is 19.1 Å².